The van der Waals surface area contributed by atoms with E-state index in [1.54, 1.807) is 0 Å². The van der Waals surface area contributed by atoms with Crippen LogP contribution in [-0.2, 0) is 12.9 Å². The lowest BCUT2D eigenvalue weighted by Gasteiger charge is -1.97. The molecule has 0 saturated heterocycles. The summed E-state index contributed by atoms with van der Waals surface area (Å²) in [7, 11) is 0. The van der Waals surface area contributed by atoms with E-state index in [1.165, 1.54) is 10.9 Å². The molecule has 54 valence electrons. The van der Waals surface area contributed by atoms with Crippen LogP contribution in [0.25, 0.3) is 0 Å². The Balaban J connectivity index is 2.61. The van der Waals surface area contributed by atoms with Crippen molar-refractivity contribution in [2.75, 3.05) is 0 Å². The lowest BCUT2D eigenvalue weighted by molar-refractivity contribution is 0.632. The van der Waals surface area contributed by atoms with E-state index in [2.05, 4.69) is 10.2 Å². The molecule has 1 aromatic heterocycles. The molecule has 2 rings (SSSR count). The van der Waals surface area contributed by atoms with Crippen LogP contribution in [0.2, 0.25) is 0 Å². The van der Waals surface area contributed by atoms with Crippen LogP contribution in [0.3, 0.4) is 0 Å². The second-order valence-corrected chi connectivity index (χ2v) is 2.02. The van der Waals surface area contributed by atoms with Gasteiger partial charge in [0.05, 0.1) is 0 Å². The van der Waals surface area contributed by atoms with Gasteiger partial charge < -0.3 is 4.57 Å². The third-order valence-corrected chi connectivity index (χ3v) is 1.36. The quantitative estimate of drug-likeness (QED) is 0.542. The summed E-state index contributed by atoms with van der Waals surface area (Å²) in [5.41, 5.74) is 0. The van der Waals surface area contributed by atoms with E-state index in [-0.39, 0.29) is 18.8 Å². The van der Waals surface area contributed by atoms with Gasteiger partial charge >= 0.3 is 0 Å². The molecule has 0 fully saturated rings. The van der Waals surface area contributed by atoms with E-state index in [9.17, 15) is 0 Å². The Morgan fingerprint density at radius 2 is 2.60 bits per heavy atom. The Bertz CT molecular complexity index is 412. The van der Waals surface area contributed by atoms with Crippen LogP contribution in [-0.4, -0.2) is 14.8 Å². The molecule has 1 aromatic rings. The summed E-state index contributed by atoms with van der Waals surface area (Å²) < 4.78 is 47.5. The summed E-state index contributed by atoms with van der Waals surface area (Å²) in [4.78, 5) is 0. The summed E-state index contributed by atoms with van der Waals surface area (Å²) in [5, 5.41) is 7.10. The predicted octanol–water partition coefficient (Wildman–Crippen LogP) is 1.00. The van der Waals surface area contributed by atoms with Gasteiger partial charge in [0.1, 0.15) is 12.2 Å². The van der Waals surface area contributed by atoms with E-state index in [0.29, 0.717) is 0 Å². The van der Waals surface area contributed by atoms with E-state index in [4.69, 9.17) is 8.22 Å². The molecule has 0 atom stereocenters. The van der Waals surface area contributed by atoms with Gasteiger partial charge in [0.2, 0.25) is 0 Å². The molecule has 0 amide bonds. The van der Waals surface area contributed by atoms with E-state index in [0.717, 1.165) is 0 Å². The summed E-state index contributed by atoms with van der Waals surface area (Å²) in [6.45, 7) is 0.175. The van der Waals surface area contributed by atoms with Crippen LogP contribution < -0.4 is 0 Å². The standard InChI is InChI=1S/C7H11N3/c1-2-4-7-9-8-6-10(7)5-3-1/h6H,1-5H2/i1D2,2D2,4D2. The van der Waals surface area contributed by atoms with Gasteiger partial charge in [-0.2, -0.15) is 0 Å². The van der Waals surface area contributed by atoms with Gasteiger partial charge in [0.15, 0.2) is 0 Å². The number of hydrogen-bond acceptors (Lipinski definition) is 2. The lowest BCUT2D eigenvalue weighted by Crippen LogP contribution is -1.98. The van der Waals surface area contributed by atoms with Gasteiger partial charge in [-0.15, -0.1) is 10.2 Å². The Morgan fingerprint density at radius 3 is 3.60 bits per heavy atom. The van der Waals surface area contributed by atoms with Crippen LogP contribution >= 0.6 is 0 Å². The van der Waals surface area contributed by atoms with E-state index in [1.807, 2.05) is 0 Å². The van der Waals surface area contributed by atoms with Crippen molar-refractivity contribution in [1.82, 2.24) is 14.8 Å². The van der Waals surface area contributed by atoms with E-state index < -0.39 is 19.1 Å². The van der Waals surface area contributed by atoms with Crippen LogP contribution in [0.15, 0.2) is 6.33 Å². The number of aromatic nitrogens is 3. The zero-order chi connectivity index (χ0) is 12.2. The van der Waals surface area contributed by atoms with Crippen molar-refractivity contribution >= 4 is 0 Å². The average molecular weight is 143 g/mol. The first-order valence-corrected chi connectivity index (χ1v) is 3.08. The van der Waals surface area contributed by atoms with Crippen molar-refractivity contribution in [1.29, 1.82) is 0 Å². The first-order chi connectivity index (χ1) is 7.20. The maximum Gasteiger partial charge on any atom is 0.132 e. The predicted molar refractivity (Wildman–Crippen MR) is 37.6 cm³/mol. The Kier molecular flexibility index (Phi) is 0.559. The van der Waals surface area contributed by atoms with Crippen LogP contribution in [0.5, 0.6) is 0 Å². The largest absolute Gasteiger partial charge is 0.318 e. The van der Waals surface area contributed by atoms with Crippen molar-refractivity contribution in [2.24, 2.45) is 0 Å². The maximum absolute atomic E-state index is 7.75. The van der Waals surface area contributed by atoms with Gasteiger partial charge in [-0.25, -0.2) is 0 Å². The van der Waals surface area contributed by atoms with Crippen LogP contribution in [0.1, 0.15) is 33.2 Å². The van der Waals surface area contributed by atoms with Crippen LogP contribution in [0, 0.1) is 0 Å². The second kappa shape index (κ2) is 2.40. The number of fused-ring (bicyclic) bond motifs is 1. The molecule has 1 aliphatic heterocycles. The molecule has 0 bridgehead atoms. The van der Waals surface area contributed by atoms with Crippen molar-refractivity contribution in [3.05, 3.63) is 12.2 Å². The minimum atomic E-state index is -2.64. The number of rotatable bonds is 0. The molecule has 2 heterocycles. The highest BCUT2D eigenvalue weighted by molar-refractivity contribution is 4.87. The van der Waals surface area contributed by atoms with Gasteiger partial charge in [-0.05, 0) is 12.8 Å². The fourth-order valence-corrected chi connectivity index (χ4v) is 0.854. The minimum absolute atomic E-state index is 0.107. The van der Waals surface area contributed by atoms with Gasteiger partial charge in [-0.1, -0.05) is 6.37 Å². The summed E-state index contributed by atoms with van der Waals surface area (Å²) in [5.74, 6) is -0.154. The molecule has 0 aliphatic carbocycles. The fraction of sp³-hybridized carbons (Fsp3) is 0.714. The van der Waals surface area contributed by atoms with Crippen molar-refractivity contribution in [3.63, 3.8) is 0 Å². The van der Waals surface area contributed by atoms with Crippen molar-refractivity contribution < 1.29 is 8.22 Å². The van der Waals surface area contributed by atoms with Gasteiger partial charge in [-0.3, -0.25) is 0 Å². The smallest absolute Gasteiger partial charge is 0.132 e. The molecule has 3 nitrogen and oxygen atoms in total. The fourth-order valence-electron chi connectivity index (χ4n) is 0.854. The monoisotopic (exact) mass is 143 g/mol. The highest BCUT2D eigenvalue weighted by Gasteiger charge is 2.06. The molecule has 0 radical (unpaired) electrons. The second-order valence-electron chi connectivity index (χ2n) is 2.02. The topological polar surface area (TPSA) is 30.7 Å². The lowest BCUT2D eigenvalue weighted by atomic mass is 10.2. The van der Waals surface area contributed by atoms with Crippen LogP contribution in [0.4, 0.5) is 0 Å². The van der Waals surface area contributed by atoms with E-state index >= 15 is 0 Å². The number of nitrogens with zero attached hydrogens (tertiary/aromatic N) is 3. The SMILES string of the molecule is [2H]C1([2H])CCn2cnnc2C([2H])([2H])C1([2H])[2H]. The first kappa shape index (κ1) is 2.32. The molecular weight excluding hydrogens is 126 g/mol. The zero-order valence-electron chi connectivity index (χ0n) is 11.3. The zero-order valence-corrected chi connectivity index (χ0v) is 5.33. The Labute approximate surface area is 68.5 Å². The number of aryl methyl sites for hydroxylation is 2. The summed E-state index contributed by atoms with van der Waals surface area (Å²) in [6.07, 6.45) is -6.18. The molecule has 1 aliphatic rings. The van der Waals surface area contributed by atoms with Crippen molar-refractivity contribution in [2.45, 2.75) is 32.1 Å². The molecule has 0 saturated carbocycles. The summed E-state index contributed by atoms with van der Waals surface area (Å²) >= 11 is 0. The highest BCUT2D eigenvalue weighted by Crippen LogP contribution is 2.10. The molecule has 3 heteroatoms. The van der Waals surface area contributed by atoms with Crippen molar-refractivity contribution in [3.8, 4) is 0 Å². The third kappa shape index (κ3) is 0.916. The van der Waals surface area contributed by atoms with Gasteiger partial charge in [0.25, 0.3) is 0 Å². The molecule has 0 N–H and O–H groups in total. The minimum Gasteiger partial charge on any atom is -0.318 e. The highest BCUT2D eigenvalue weighted by atomic mass is 15.3. The first-order valence-electron chi connectivity index (χ1n) is 6.08. The number of hydrogen-bond donors (Lipinski definition) is 0. The molecule has 10 heavy (non-hydrogen) atoms. The molecular formula is C7H11N3. The normalized spacial score (nSPS) is 42.0. The average Bonchev–Trinajstić information content (AvgIpc) is 2.60. The molecule has 0 unspecified atom stereocenters. The molecule has 0 aromatic carbocycles. The molecule has 0 spiro atoms. The maximum atomic E-state index is 7.75. The third-order valence-electron chi connectivity index (χ3n) is 1.36. The van der Waals surface area contributed by atoms with Gasteiger partial charge in [0, 0.05) is 21.1 Å². The Hall–Kier alpha value is -0.860. The Morgan fingerprint density at radius 1 is 1.60 bits per heavy atom. The summed E-state index contributed by atoms with van der Waals surface area (Å²) in [6, 6.07) is 0.